The van der Waals surface area contributed by atoms with Gasteiger partial charge in [0.1, 0.15) is 18.1 Å². The third kappa shape index (κ3) is 5.89. The molecule has 4 rings (SSSR count). The summed E-state index contributed by atoms with van der Waals surface area (Å²) in [5.41, 5.74) is 4.11. The average molecular weight is 467 g/mol. The molecule has 0 atom stereocenters. The molecule has 3 aromatic carbocycles. The van der Waals surface area contributed by atoms with Crippen LogP contribution in [0.15, 0.2) is 72.9 Å². The Hall–Kier alpha value is -4.97. The normalized spacial score (nSPS) is 10.3. The lowest BCUT2D eigenvalue weighted by Crippen LogP contribution is -2.01. The van der Waals surface area contributed by atoms with Crippen LogP contribution in [-0.4, -0.2) is 14.9 Å². The zero-order valence-electron chi connectivity index (χ0n) is 19.1. The van der Waals surface area contributed by atoms with Crippen LogP contribution in [0.5, 0.6) is 17.4 Å². The second kappa shape index (κ2) is 10.3. The van der Waals surface area contributed by atoms with Crippen LogP contribution in [0.25, 0.3) is 0 Å². The minimum Gasteiger partial charge on any atom is -0.489 e. The summed E-state index contributed by atoms with van der Waals surface area (Å²) >= 11 is 0. The van der Waals surface area contributed by atoms with E-state index in [2.05, 4.69) is 21.4 Å². The van der Waals surface area contributed by atoms with Crippen molar-refractivity contribution in [2.45, 2.75) is 20.5 Å². The van der Waals surface area contributed by atoms with Gasteiger partial charge in [0.2, 0.25) is 11.8 Å². The molecule has 4 aromatic rings. The highest BCUT2D eigenvalue weighted by Crippen LogP contribution is 2.30. The first-order valence-electron chi connectivity index (χ1n) is 10.7. The standard InChI is InChI=1S/C26H21N5O4/c1-17-13-20(16-34-23-9-7-22(8-10-23)31(32)33)14-18(2)25(17)35-24-11-12-28-26(30-24)29-21-5-3-19(15-27)4-6-21/h3-14H,16H2,1-2H3,(H,28,29,30). The SMILES string of the molecule is Cc1cc(COc2ccc([N+](=O)[O-])cc2)cc(C)c1Oc1ccnc(Nc2ccc(C#N)cc2)n1. The first-order chi connectivity index (χ1) is 16.9. The number of nitriles is 1. The van der Waals surface area contributed by atoms with Crippen LogP contribution in [0, 0.1) is 35.3 Å². The number of rotatable bonds is 8. The van der Waals surface area contributed by atoms with Gasteiger partial charge in [0.15, 0.2) is 0 Å². The lowest BCUT2D eigenvalue weighted by atomic mass is 10.1. The van der Waals surface area contributed by atoms with Gasteiger partial charge in [-0.05, 0) is 79.1 Å². The highest BCUT2D eigenvalue weighted by atomic mass is 16.6. The van der Waals surface area contributed by atoms with Gasteiger partial charge in [-0.1, -0.05) is 0 Å². The number of nitrogens with zero attached hydrogens (tertiary/aromatic N) is 4. The second-order valence-corrected chi connectivity index (χ2v) is 7.73. The molecule has 0 aliphatic heterocycles. The first-order valence-corrected chi connectivity index (χ1v) is 10.7. The Kier molecular flexibility index (Phi) is 6.83. The third-order valence-corrected chi connectivity index (χ3v) is 5.08. The molecular formula is C26H21N5O4. The molecule has 0 saturated heterocycles. The quantitative estimate of drug-likeness (QED) is 0.248. The van der Waals surface area contributed by atoms with E-state index in [4.69, 9.17) is 14.7 Å². The van der Waals surface area contributed by atoms with Crippen LogP contribution in [0.3, 0.4) is 0 Å². The average Bonchev–Trinajstić information content (AvgIpc) is 2.86. The van der Waals surface area contributed by atoms with Crippen LogP contribution < -0.4 is 14.8 Å². The van der Waals surface area contributed by atoms with Crippen molar-refractivity contribution in [1.82, 2.24) is 9.97 Å². The fourth-order valence-electron chi connectivity index (χ4n) is 3.44. The van der Waals surface area contributed by atoms with E-state index in [9.17, 15) is 10.1 Å². The molecule has 0 aliphatic carbocycles. The largest absolute Gasteiger partial charge is 0.489 e. The fraction of sp³-hybridized carbons (Fsp3) is 0.115. The Morgan fingerprint density at radius 1 is 1.03 bits per heavy atom. The van der Waals surface area contributed by atoms with Crippen molar-refractivity contribution >= 4 is 17.3 Å². The predicted molar refractivity (Wildman–Crippen MR) is 130 cm³/mol. The Balaban J connectivity index is 1.43. The molecular weight excluding hydrogens is 446 g/mol. The molecule has 9 nitrogen and oxygen atoms in total. The molecule has 9 heteroatoms. The molecule has 174 valence electrons. The van der Waals surface area contributed by atoms with Crippen molar-refractivity contribution < 1.29 is 14.4 Å². The Morgan fingerprint density at radius 3 is 2.34 bits per heavy atom. The number of aryl methyl sites for hydroxylation is 2. The van der Waals surface area contributed by atoms with E-state index in [1.807, 2.05) is 26.0 Å². The number of nitro benzene ring substituents is 1. The number of aromatic nitrogens is 2. The molecule has 0 unspecified atom stereocenters. The molecule has 1 N–H and O–H groups in total. The lowest BCUT2D eigenvalue weighted by Gasteiger charge is -2.14. The van der Waals surface area contributed by atoms with E-state index < -0.39 is 4.92 Å². The van der Waals surface area contributed by atoms with E-state index in [1.54, 1.807) is 48.7 Å². The summed E-state index contributed by atoms with van der Waals surface area (Å²) in [6, 6.07) is 20.6. The summed E-state index contributed by atoms with van der Waals surface area (Å²) in [4.78, 5) is 19.0. The van der Waals surface area contributed by atoms with Crippen molar-refractivity contribution in [2.24, 2.45) is 0 Å². The number of anilines is 2. The lowest BCUT2D eigenvalue weighted by molar-refractivity contribution is -0.384. The number of hydrogen-bond acceptors (Lipinski definition) is 8. The van der Waals surface area contributed by atoms with Crippen LogP contribution in [0.4, 0.5) is 17.3 Å². The van der Waals surface area contributed by atoms with Gasteiger partial charge in [-0.2, -0.15) is 10.2 Å². The number of non-ortho nitro benzene ring substituents is 1. The Morgan fingerprint density at radius 2 is 1.71 bits per heavy atom. The van der Waals surface area contributed by atoms with Crippen molar-refractivity contribution in [3.63, 3.8) is 0 Å². The maximum atomic E-state index is 10.8. The van der Waals surface area contributed by atoms with Crippen LogP contribution in [0.1, 0.15) is 22.3 Å². The van der Waals surface area contributed by atoms with Crippen molar-refractivity contribution in [2.75, 3.05) is 5.32 Å². The predicted octanol–water partition coefficient (Wildman–Crippen LogP) is 5.99. The monoisotopic (exact) mass is 467 g/mol. The molecule has 0 saturated carbocycles. The van der Waals surface area contributed by atoms with Gasteiger partial charge < -0.3 is 14.8 Å². The number of ether oxygens (including phenoxy) is 2. The topological polar surface area (TPSA) is 123 Å². The van der Waals surface area contributed by atoms with Gasteiger partial charge >= 0.3 is 0 Å². The zero-order chi connectivity index (χ0) is 24.8. The second-order valence-electron chi connectivity index (χ2n) is 7.73. The molecule has 0 fully saturated rings. The first kappa shape index (κ1) is 23.2. The maximum Gasteiger partial charge on any atom is 0.269 e. The van der Waals surface area contributed by atoms with Gasteiger partial charge in [-0.3, -0.25) is 10.1 Å². The Labute approximate surface area is 201 Å². The van der Waals surface area contributed by atoms with Gasteiger partial charge in [-0.25, -0.2) is 4.98 Å². The molecule has 1 heterocycles. The van der Waals surface area contributed by atoms with Gasteiger partial charge in [0.25, 0.3) is 5.69 Å². The van der Waals surface area contributed by atoms with Crippen LogP contribution in [-0.2, 0) is 6.61 Å². The maximum absolute atomic E-state index is 10.8. The van der Waals surface area contributed by atoms with Gasteiger partial charge in [-0.15, -0.1) is 0 Å². The summed E-state index contributed by atoms with van der Waals surface area (Å²) in [7, 11) is 0. The molecule has 0 radical (unpaired) electrons. The van der Waals surface area contributed by atoms with E-state index in [-0.39, 0.29) is 5.69 Å². The number of nitrogens with one attached hydrogen (secondary N) is 1. The van der Waals surface area contributed by atoms with Gasteiger partial charge in [0.05, 0.1) is 16.6 Å². The zero-order valence-corrected chi connectivity index (χ0v) is 19.1. The highest BCUT2D eigenvalue weighted by molar-refractivity contribution is 5.55. The van der Waals surface area contributed by atoms with Crippen molar-refractivity contribution in [1.29, 1.82) is 5.26 Å². The molecule has 0 bridgehead atoms. The Bertz CT molecular complexity index is 1370. The fourth-order valence-corrected chi connectivity index (χ4v) is 3.44. The van der Waals surface area contributed by atoms with Gasteiger partial charge in [0, 0.05) is 30.1 Å². The van der Waals surface area contributed by atoms with Crippen LogP contribution in [0.2, 0.25) is 0 Å². The number of nitro groups is 1. The van der Waals surface area contributed by atoms with Crippen molar-refractivity contribution in [3.8, 4) is 23.4 Å². The summed E-state index contributed by atoms with van der Waals surface area (Å²) in [5.74, 6) is 1.99. The van der Waals surface area contributed by atoms with E-state index >= 15 is 0 Å². The summed E-state index contributed by atoms with van der Waals surface area (Å²) in [6.07, 6.45) is 1.60. The van der Waals surface area contributed by atoms with Crippen molar-refractivity contribution in [3.05, 3.63) is 105 Å². The van der Waals surface area contributed by atoms with E-state index in [1.165, 1.54) is 12.1 Å². The molecule has 1 aromatic heterocycles. The molecule has 0 aliphatic rings. The highest BCUT2D eigenvalue weighted by Gasteiger charge is 2.11. The van der Waals surface area contributed by atoms with E-state index in [0.29, 0.717) is 35.5 Å². The minimum absolute atomic E-state index is 0.0190. The molecule has 0 spiro atoms. The molecule has 0 amide bonds. The van der Waals surface area contributed by atoms with E-state index in [0.717, 1.165) is 22.4 Å². The number of hydrogen-bond donors (Lipinski definition) is 1. The molecule has 35 heavy (non-hydrogen) atoms. The third-order valence-electron chi connectivity index (χ3n) is 5.08. The van der Waals surface area contributed by atoms with Crippen LogP contribution >= 0.6 is 0 Å². The summed E-state index contributed by atoms with van der Waals surface area (Å²) < 4.78 is 11.8. The number of benzene rings is 3. The smallest absolute Gasteiger partial charge is 0.269 e. The summed E-state index contributed by atoms with van der Waals surface area (Å²) in [5, 5.41) is 22.8. The summed E-state index contributed by atoms with van der Waals surface area (Å²) in [6.45, 7) is 4.19. The minimum atomic E-state index is -0.446.